The van der Waals surface area contributed by atoms with Gasteiger partial charge >= 0.3 is 0 Å². The monoisotopic (exact) mass is 334 g/mol. The molecule has 0 aromatic carbocycles. The molecule has 3 aliphatic heterocycles. The van der Waals surface area contributed by atoms with E-state index < -0.39 is 55.3 Å². The summed E-state index contributed by atoms with van der Waals surface area (Å²) in [5, 5.41) is 30.7. The van der Waals surface area contributed by atoms with Crippen molar-refractivity contribution in [3.05, 3.63) is 0 Å². The number of aliphatic hydroxyl groups is 3. The molecular weight excluding hydrogens is 308 g/mol. The van der Waals surface area contributed by atoms with Gasteiger partial charge in [0.2, 0.25) is 0 Å². The van der Waals surface area contributed by atoms with Crippen molar-refractivity contribution >= 4 is 0 Å². The lowest BCUT2D eigenvalue weighted by Gasteiger charge is -2.44. The van der Waals surface area contributed by atoms with E-state index in [0.29, 0.717) is 6.42 Å². The van der Waals surface area contributed by atoms with Crippen LogP contribution in [0.3, 0.4) is 0 Å². The lowest BCUT2D eigenvalue weighted by atomic mass is 9.89. The van der Waals surface area contributed by atoms with Crippen LogP contribution in [0.1, 0.15) is 20.3 Å². The van der Waals surface area contributed by atoms with Crippen molar-refractivity contribution in [1.29, 1.82) is 0 Å². The molecule has 8 heteroatoms. The van der Waals surface area contributed by atoms with Crippen LogP contribution < -0.4 is 0 Å². The summed E-state index contributed by atoms with van der Waals surface area (Å²) in [5.74, 6) is -0.376. The highest BCUT2D eigenvalue weighted by Crippen LogP contribution is 2.36. The summed E-state index contributed by atoms with van der Waals surface area (Å²) in [7, 11) is 1.46. The lowest BCUT2D eigenvalue weighted by molar-refractivity contribution is -0.329. The van der Waals surface area contributed by atoms with Crippen LogP contribution in [0.15, 0.2) is 0 Å². The Kier molecular flexibility index (Phi) is 5.24. The summed E-state index contributed by atoms with van der Waals surface area (Å²) in [4.78, 5) is 0. The number of fused-ring (bicyclic) bond motifs is 2. The third-order valence-corrected chi connectivity index (χ3v) is 5.04. The second-order valence-electron chi connectivity index (χ2n) is 6.46. The summed E-state index contributed by atoms with van der Waals surface area (Å²) in [6.45, 7) is 3.94. The minimum Gasteiger partial charge on any atom is -0.390 e. The molecule has 3 heterocycles. The van der Waals surface area contributed by atoms with Gasteiger partial charge in [0.05, 0.1) is 18.8 Å². The second-order valence-corrected chi connectivity index (χ2v) is 6.46. The van der Waals surface area contributed by atoms with Crippen LogP contribution in [0.25, 0.3) is 0 Å². The fourth-order valence-electron chi connectivity index (χ4n) is 3.51. The van der Waals surface area contributed by atoms with Crippen molar-refractivity contribution in [2.45, 2.75) is 75.6 Å². The van der Waals surface area contributed by atoms with E-state index >= 15 is 0 Å². The summed E-state index contributed by atoms with van der Waals surface area (Å²) in [6, 6.07) is 0. The Balaban J connectivity index is 1.69. The molecule has 0 saturated carbocycles. The number of hydrogen-bond donors (Lipinski definition) is 3. The highest BCUT2D eigenvalue weighted by Gasteiger charge is 2.54. The van der Waals surface area contributed by atoms with Gasteiger partial charge in [-0.2, -0.15) is 0 Å². The molecule has 3 fully saturated rings. The fraction of sp³-hybridized carbons (Fsp3) is 1.00. The molecule has 0 spiro atoms. The van der Waals surface area contributed by atoms with Crippen molar-refractivity contribution < 1.29 is 39.0 Å². The Morgan fingerprint density at radius 1 is 1.04 bits per heavy atom. The highest BCUT2D eigenvalue weighted by molar-refractivity contribution is 4.97. The maximum Gasteiger partial charge on any atom is 0.186 e. The van der Waals surface area contributed by atoms with E-state index in [9.17, 15) is 15.3 Å². The number of rotatable bonds is 4. The van der Waals surface area contributed by atoms with E-state index in [1.54, 1.807) is 6.92 Å². The summed E-state index contributed by atoms with van der Waals surface area (Å²) < 4.78 is 27.9. The van der Waals surface area contributed by atoms with Crippen LogP contribution in [0, 0.1) is 5.92 Å². The van der Waals surface area contributed by atoms with Crippen molar-refractivity contribution in [3.8, 4) is 0 Å². The van der Waals surface area contributed by atoms with Gasteiger partial charge in [0.1, 0.15) is 30.5 Å². The Bertz CT molecular complexity index is 405. The van der Waals surface area contributed by atoms with Gasteiger partial charge in [-0.15, -0.1) is 0 Å². The first-order valence-corrected chi connectivity index (χ1v) is 8.12. The first kappa shape index (κ1) is 17.5. The van der Waals surface area contributed by atoms with Gasteiger partial charge in [-0.05, 0) is 6.42 Å². The second kappa shape index (κ2) is 6.89. The van der Waals surface area contributed by atoms with Crippen LogP contribution in [0.2, 0.25) is 0 Å². The Labute approximate surface area is 135 Å². The average Bonchev–Trinajstić information content (AvgIpc) is 2.86. The molecule has 0 aromatic rings. The fourth-order valence-corrected chi connectivity index (χ4v) is 3.51. The first-order valence-electron chi connectivity index (χ1n) is 8.12. The van der Waals surface area contributed by atoms with E-state index in [0.717, 1.165) is 0 Å². The Hall–Kier alpha value is -0.320. The first-order chi connectivity index (χ1) is 11.0. The van der Waals surface area contributed by atoms with Crippen LogP contribution in [-0.2, 0) is 23.7 Å². The van der Waals surface area contributed by atoms with Gasteiger partial charge in [-0.3, -0.25) is 0 Å². The average molecular weight is 334 g/mol. The molecule has 10 atom stereocenters. The molecule has 2 bridgehead atoms. The summed E-state index contributed by atoms with van der Waals surface area (Å²) in [5.41, 5.74) is 0. The maximum absolute atomic E-state index is 10.3. The molecule has 0 amide bonds. The zero-order chi connectivity index (χ0) is 16.7. The van der Waals surface area contributed by atoms with Gasteiger partial charge in [-0.1, -0.05) is 13.8 Å². The molecule has 0 aromatic heterocycles. The Morgan fingerprint density at radius 2 is 1.78 bits per heavy atom. The molecule has 4 unspecified atom stereocenters. The topological polar surface area (TPSA) is 107 Å². The third-order valence-electron chi connectivity index (χ3n) is 5.04. The summed E-state index contributed by atoms with van der Waals surface area (Å²) >= 11 is 0. The minimum absolute atomic E-state index is 0.282. The van der Waals surface area contributed by atoms with Gasteiger partial charge in [0.15, 0.2) is 12.6 Å². The normalized spacial score (nSPS) is 53.5. The lowest BCUT2D eigenvalue weighted by Crippen LogP contribution is -2.59. The van der Waals surface area contributed by atoms with Gasteiger partial charge in [-0.25, -0.2) is 0 Å². The molecule has 8 nitrogen and oxygen atoms in total. The van der Waals surface area contributed by atoms with Crippen LogP contribution in [0.4, 0.5) is 0 Å². The van der Waals surface area contributed by atoms with Crippen LogP contribution in [-0.4, -0.2) is 84.3 Å². The van der Waals surface area contributed by atoms with Crippen LogP contribution >= 0.6 is 0 Å². The van der Waals surface area contributed by atoms with Gasteiger partial charge in [0, 0.05) is 13.0 Å². The molecule has 0 aliphatic carbocycles. The number of hydrogen-bond acceptors (Lipinski definition) is 8. The zero-order valence-electron chi connectivity index (χ0n) is 13.6. The number of aliphatic hydroxyl groups excluding tert-OH is 3. The zero-order valence-corrected chi connectivity index (χ0v) is 13.6. The number of methoxy groups -OCH3 is 1. The maximum atomic E-state index is 10.3. The molecule has 3 saturated heterocycles. The van der Waals surface area contributed by atoms with E-state index in [-0.39, 0.29) is 12.5 Å². The minimum atomic E-state index is -0.977. The third kappa shape index (κ3) is 3.03. The molecule has 0 radical (unpaired) electrons. The molecule has 134 valence electrons. The smallest absolute Gasteiger partial charge is 0.186 e. The van der Waals surface area contributed by atoms with Crippen molar-refractivity contribution in [2.24, 2.45) is 5.92 Å². The van der Waals surface area contributed by atoms with Gasteiger partial charge in [0.25, 0.3) is 0 Å². The van der Waals surface area contributed by atoms with E-state index in [1.165, 1.54) is 7.11 Å². The van der Waals surface area contributed by atoms with Crippen molar-refractivity contribution in [3.63, 3.8) is 0 Å². The van der Waals surface area contributed by atoms with E-state index in [1.807, 2.05) is 6.92 Å². The van der Waals surface area contributed by atoms with E-state index in [4.69, 9.17) is 23.7 Å². The predicted molar refractivity (Wildman–Crippen MR) is 76.4 cm³/mol. The molecule has 3 aliphatic rings. The van der Waals surface area contributed by atoms with Gasteiger partial charge < -0.3 is 39.0 Å². The number of ether oxygens (including phenoxy) is 5. The van der Waals surface area contributed by atoms with Crippen molar-refractivity contribution in [2.75, 3.05) is 13.7 Å². The highest BCUT2D eigenvalue weighted by atomic mass is 16.8. The van der Waals surface area contributed by atoms with Crippen molar-refractivity contribution in [1.82, 2.24) is 0 Å². The standard InChI is InChI=1S/C15H26O8/c1-4-7-9(16)6(2)10(17)15(21-7)23-12-8-5-20-13(12)11(18)14(19-3)22-8/h6-18H,4-5H2,1-3H3/t6-,7?,8?,9+,10?,11-,12-,13?,14-,15-/m0/s1. The molecule has 3 N–H and O–H groups in total. The molecule has 3 rings (SSSR count). The Morgan fingerprint density at radius 3 is 2.43 bits per heavy atom. The quantitative estimate of drug-likeness (QED) is 0.601. The largest absolute Gasteiger partial charge is 0.390 e. The van der Waals surface area contributed by atoms with Crippen LogP contribution in [0.5, 0.6) is 0 Å². The summed E-state index contributed by atoms with van der Waals surface area (Å²) in [6.07, 6.45) is -5.69. The van der Waals surface area contributed by atoms with E-state index in [2.05, 4.69) is 0 Å². The molecular formula is C15H26O8. The molecule has 23 heavy (non-hydrogen) atoms. The predicted octanol–water partition coefficient (Wildman–Crippen LogP) is -1.00. The SMILES string of the molecule is CCC1O[C@@H](O[C@H]2C3COC2[C@H](O)[C@@H](OC)O3)C(O)[C@@H](C)[C@H]1O.